The van der Waals surface area contributed by atoms with Crippen LogP contribution in [0.2, 0.25) is 0 Å². The van der Waals surface area contributed by atoms with Gasteiger partial charge in [0.2, 0.25) is 0 Å². The van der Waals surface area contributed by atoms with Crippen molar-refractivity contribution in [1.29, 1.82) is 0 Å². The lowest BCUT2D eigenvalue weighted by Crippen LogP contribution is -2.23. The molecule has 2 heterocycles. The van der Waals surface area contributed by atoms with Gasteiger partial charge in [0.1, 0.15) is 17.4 Å². The van der Waals surface area contributed by atoms with Crippen LogP contribution in [0.4, 0.5) is 18.9 Å². The number of hydrogen-bond donors (Lipinski definition) is 2. The van der Waals surface area contributed by atoms with Crippen molar-refractivity contribution in [2.75, 3.05) is 11.9 Å². The zero-order chi connectivity index (χ0) is 19.3. The van der Waals surface area contributed by atoms with Gasteiger partial charge in [0.05, 0.1) is 0 Å². The van der Waals surface area contributed by atoms with Crippen LogP contribution in [0.1, 0.15) is 30.9 Å². The molecule has 1 aliphatic rings. The van der Waals surface area contributed by atoms with Crippen LogP contribution in [0.3, 0.4) is 0 Å². The topological polar surface area (TPSA) is 90.4 Å². The van der Waals surface area contributed by atoms with E-state index in [1.54, 1.807) is 0 Å². The van der Waals surface area contributed by atoms with Gasteiger partial charge in [0.25, 0.3) is 0 Å². The molecule has 7 nitrogen and oxygen atoms in total. The molecule has 0 aliphatic carbocycles. The molecule has 146 valence electrons. The highest BCUT2D eigenvalue weighted by Gasteiger charge is 2.30. The number of alkyl halides is 3. The fourth-order valence-electron chi connectivity index (χ4n) is 2.93. The lowest BCUT2D eigenvalue weighted by atomic mass is 10.2. The van der Waals surface area contributed by atoms with Gasteiger partial charge in [-0.25, -0.2) is 0 Å². The van der Waals surface area contributed by atoms with Crippen LogP contribution < -0.4 is 15.8 Å². The summed E-state index contributed by atoms with van der Waals surface area (Å²) in [6.07, 6.45) is 0.320. The lowest BCUT2D eigenvalue weighted by Gasteiger charge is -2.10. The molecular formula is C17H21F3N6O. The summed E-state index contributed by atoms with van der Waals surface area (Å²) in [6, 6.07) is 5.27. The number of nitrogens with one attached hydrogen (secondary N) is 1. The maximum Gasteiger partial charge on any atom is 0.573 e. The fraction of sp³-hybridized carbons (Fsp3) is 0.471. The van der Waals surface area contributed by atoms with Gasteiger partial charge in [-0.05, 0) is 37.1 Å². The summed E-state index contributed by atoms with van der Waals surface area (Å²) in [6.45, 7) is 1.37. The Kier molecular flexibility index (Phi) is 5.82. The summed E-state index contributed by atoms with van der Waals surface area (Å²) in [7, 11) is 0. The van der Waals surface area contributed by atoms with Crippen molar-refractivity contribution < 1.29 is 17.9 Å². The Balaban J connectivity index is 1.52. The van der Waals surface area contributed by atoms with Crippen LogP contribution in [0, 0.1) is 0 Å². The quantitative estimate of drug-likeness (QED) is 0.613. The van der Waals surface area contributed by atoms with E-state index in [1.165, 1.54) is 30.7 Å². The Morgan fingerprint density at radius 2 is 1.96 bits per heavy atom. The number of ether oxygens (including phenoxy) is 1. The number of nitrogens with two attached hydrogens (primary N) is 1. The predicted molar refractivity (Wildman–Crippen MR) is 94.5 cm³/mol. The van der Waals surface area contributed by atoms with Crippen molar-refractivity contribution in [3.63, 3.8) is 0 Å². The molecule has 2 aromatic rings. The van der Waals surface area contributed by atoms with Crippen LogP contribution in [-0.4, -0.2) is 33.6 Å². The first-order valence-corrected chi connectivity index (χ1v) is 8.74. The molecule has 1 aromatic carbocycles. The first-order valence-electron chi connectivity index (χ1n) is 8.74. The molecule has 0 saturated heterocycles. The van der Waals surface area contributed by atoms with Crippen LogP contribution in [-0.2, 0) is 19.4 Å². The second-order valence-electron chi connectivity index (χ2n) is 6.21. The zero-order valence-electron chi connectivity index (χ0n) is 14.7. The van der Waals surface area contributed by atoms with E-state index in [2.05, 4.69) is 29.8 Å². The Labute approximate surface area is 154 Å². The molecule has 0 unspecified atom stereocenters. The van der Waals surface area contributed by atoms with Gasteiger partial charge in [-0.2, -0.15) is 0 Å². The molecule has 0 fully saturated rings. The molecule has 3 N–H and O–H groups in total. The van der Waals surface area contributed by atoms with Gasteiger partial charge in [-0.15, -0.1) is 23.4 Å². The third kappa shape index (κ3) is 5.60. The number of aliphatic imine (C=N–C) groups is 1. The van der Waals surface area contributed by atoms with E-state index in [0.717, 1.165) is 37.5 Å². The molecule has 10 heteroatoms. The summed E-state index contributed by atoms with van der Waals surface area (Å²) >= 11 is 0. The van der Waals surface area contributed by atoms with Crippen molar-refractivity contribution in [3.8, 4) is 5.75 Å². The highest BCUT2D eigenvalue weighted by Crippen LogP contribution is 2.23. The molecule has 0 atom stereocenters. The number of benzene rings is 1. The van der Waals surface area contributed by atoms with Crippen LogP contribution >= 0.6 is 0 Å². The molecular weight excluding hydrogens is 361 g/mol. The number of aryl methyl sites for hydroxylation is 1. The molecule has 0 amide bonds. The van der Waals surface area contributed by atoms with E-state index in [0.29, 0.717) is 18.7 Å². The van der Waals surface area contributed by atoms with Gasteiger partial charge in [-0.1, -0.05) is 6.42 Å². The van der Waals surface area contributed by atoms with E-state index in [9.17, 15) is 13.2 Å². The average Bonchev–Trinajstić information content (AvgIpc) is 2.83. The summed E-state index contributed by atoms with van der Waals surface area (Å²) in [5, 5.41) is 11.3. The molecule has 0 bridgehead atoms. The smallest absolute Gasteiger partial charge is 0.406 e. The summed E-state index contributed by atoms with van der Waals surface area (Å²) < 4.78 is 42.4. The molecule has 0 spiro atoms. The minimum atomic E-state index is -4.71. The average molecular weight is 382 g/mol. The first kappa shape index (κ1) is 19.0. The molecule has 0 saturated carbocycles. The van der Waals surface area contributed by atoms with Gasteiger partial charge in [0, 0.05) is 31.6 Å². The summed E-state index contributed by atoms with van der Waals surface area (Å²) in [4.78, 5) is 4.24. The van der Waals surface area contributed by atoms with Crippen LogP contribution in [0.5, 0.6) is 5.75 Å². The van der Waals surface area contributed by atoms with Crippen molar-refractivity contribution in [2.24, 2.45) is 10.7 Å². The minimum Gasteiger partial charge on any atom is -0.406 e. The lowest BCUT2D eigenvalue weighted by molar-refractivity contribution is -0.274. The second kappa shape index (κ2) is 8.28. The number of anilines is 1. The third-order valence-electron chi connectivity index (χ3n) is 4.16. The van der Waals surface area contributed by atoms with E-state index >= 15 is 0 Å². The number of nitrogens with zero attached hydrogens (tertiary/aromatic N) is 4. The largest absolute Gasteiger partial charge is 0.573 e. The van der Waals surface area contributed by atoms with Crippen molar-refractivity contribution in [2.45, 2.75) is 45.0 Å². The Morgan fingerprint density at radius 3 is 2.70 bits per heavy atom. The van der Waals surface area contributed by atoms with E-state index in [-0.39, 0.29) is 11.7 Å². The number of aromatic nitrogens is 3. The first-order chi connectivity index (χ1) is 12.9. The highest BCUT2D eigenvalue weighted by molar-refractivity contribution is 5.92. The predicted octanol–water partition coefficient (Wildman–Crippen LogP) is 2.87. The van der Waals surface area contributed by atoms with Crippen molar-refractivity contribution >= 4 is 11.6 Å². The van der Waals surface area contributed by atoms with E-state index < -0.39 is 6.36 Å². The molecule has 27 heavy (non-hydrogen) atoms. The van der Waals surface area contributed by atoms with Gasteiger partial charge in [0.15, 0.2) is 5.96 Å². The molecule has 1 aromatic heterocycles. The van der Waals surface area contributed by atoms with Crippen LogP contribution in [0.25, 0.3) is 0 Å². The maximum atomic E-state index is 12.1. The molecule has 1 aliphatic heterocycles. The Hall–Kier alpha value is -2.78. The number of rotatable bonds is 5. The van der Waals surface area contributed by atoms with Crippen LogP contribution in [0.15, 0.2) is 29.3 Å². The van der Waals surface area contributed by atoms with Crippen molar-refractivity contribution in [3.05, 3.63) is 35.9 Å². The Bertz CT molecular complexity index is 785. The standard InChI is InChI=1S/C17H21F3N6O/c18-17(19,20)27-13-7-5-12(6-8-13)23-16(21)22-10-9-15-25-24-14-4-2-1-3-11-26(14)15/h5-8H,1-4,9-11H2,(H3,21,22,23). The van der Waals surface area contributed by atoms with Gasteiger partial charge in [-0.3, -0.25) is 4.99 Å². The number of halogens is 3. The SMILES string of the molecule is NC(=NCCc1nnc2n1CCCCC2)Nc1ccc(OC(F)(F)F)cc1. The second-order valence-corrected chi connectivity index (χ2v) is 6.21. The van der Waals surface area contributed by atoms with Gasteiger partial charge >= 0.3 is 6.36 Å². The monoisotopic (exact) mass is 382 g/mol. The van der Waals surface area contributed by atoms with Gasteiger partial charge < -0.3 is 20.4 Å². The minimum absolute atomic E-state index is 0.176. The van der Waals surface area contributed by atoms with Crippen molar-refractivity contribution in [1.82, 2.24) is 14.8 Å². The third-order valence-corrected chi connectivity index (χ3v) is 4.16. The normalized spacial score (nSPS) is 15.1. The number of guanidine groups is 1. The Morgan fingerprint density at radius 1 is 1.19 bits per heavy atom. The summed E-state index contributed by atoms with van der Waals surface area (Å²) in [5.74, 6) is 1.81. The summed E-state index contributed by atoms with van der Waals surface area (Å²) in [5.41, 5.74) is 6.35. The molecule has 0 radical (unpaired) electrons. The molecule has 3 rings (SSSR count). The van der Waals surface area contributed by atoms with E-state index in [1.807, 2.05) is 0 Å². The fourth-order valence-corrected chi connectivity index (χ4v) is 2.93. The number of fused-ring (bicyclic) bond motifs is 1. The highest BCUT2D eigenvalue weighted by atomic mass is 19.4. The number of hydrogen-bond acceptors (Lipinski definition) is 4. The van der Waals surface area contributed by atoms with E-state index in [4.69, 9.17) is 5.73 Å². The maximum absolute atomic E-state index is 12.1. The zero-order valence-corrected chi connectivity index (χ0v) is 14.7.